The molecule has 16 heavy (non-hydrogen) atoms. The normalized spacial score (nSPS) is 16.4. The number of nitrogens with two attached hydrogens (primary N) is 1. The Morgan fingerprint density at radius 2 is 1.94 bits per heavy atom. The van der Waals surface area contributed by atoms with Gasteiger partial charge in [0.1, 0.15) is 5.52 Å². The highest BCUT2D eigenvalue weighted by Gasteiger charge is 2.27. The van der Waals surface area contributed by atoms with Gasteiger partial charge in [-0.1, -0.05) is 12.1 Å². The standard InChI is InChI=1S/C11H13N5/c12-5-8-6-16(7-8)11-13-9-3-1-2-4-10(9)14-15-11/h1-4,8H,5-7,12H2. The van der Waals surface area contributed by atoms with Crippen LogP contribution >= 0.6 is 0 Å². The van der Waals surface area contributed by atoms with Gasteiger partial charge < -0.3 is 10.6 Å². The largest absolute Gasteiger partial charge is 0.339 e. The molecule has 0 spiro atoms. The Balaban J connectivity index is 1.89. The van der Waals surface area contributed by atoms with Gasteiger partial charge in [-0.05, 0) is 18.7 Å². The monoisotopic (exact) mass is 215 g/mol. The van der Waals surface area contributed by atoms with Crippen LogP contribution in [0, 0.1) is 5.92 Å². The van der Waals surface area contributed by atoms with Gasteiger partial charge >= 0.3 is 0 Å². The first-order valence-corrected chi connectivity index (χ1v) is 5.41. The number of fused-ring (bicyclic) bond motifs is 1. The topological polar surface area (TPSA) is 67.9 Å². The van der Waals surface area contributed by atoms with Crippen LogP contribution in [0.1, 0.15) is 0 Å². The van der Waals surface area contributed by atoms with Crippen LogP contribution in [0.4, 0.5) is 5.95 Å². The van der Waals surface area contributed by atoms with E-state index in [9.17, 15) is 0 Å². The van der Waals surface area contributed by atoms with Gasteiger partial charge in [0.25, 0.3) is 0 Å². The molecule has 2 heterocycles. The minimum Gasteiger partial charge on any atom is -0.339 e. The van der Waals surface area contributed by atoms with Gasteiger partial charge in [-0.15, -0.1) is 10.2 Å². The third-order valence-electron chi connectivity index (χ3n) is 2.92. The Morgan fingerprint density at radius 1 is 1.19 bits per heavy atom. The fourth-order valence-electron chi connectivity index (χ4n) is 1.89. The van der Waals surface area contributed by atoms with Crippen LogP contribution in [-0.2, 0) is 0 Å². The highest BCUT2D eigenvalue weighted by molar-refractivity contribution is 5.74. The molecule has 5 heteroatoms. The molecular formula is C11H13N5. The van der Waals surface area contributed by atoms with Crippen molar-refractivity contribution in [2.24, 2.45) is 11.7 Å². The number of aromatic nitrogens is 3. The van der Waals surface area contributed by atoms with Gasteiger partial charge in [-0.2, -0.15) is 0 Å². The Bertz CT molecular complexity index is 506. The summed E-state index contributed by atoms with van der Waals surface area (Å²) in [6, 6.07) is 7.76. The van der Waals surface area contributed by atoms with Crippen LogP contribution in [0.25, 0.3) is 11.0 Å². The molecule has 0 bridgehead atoms. The molecule has 3 rings (SSSR count). The summed E-state index contributed by atoms with van der Waals surface area (Å²) < 4.78 is 0. The van der Waals surface area contributed by atoms with Crippen LogP contribution in [0.5, 0.6) is 0 Å². The molecule has 1 aromatic heterocycles. The molecule has 1 saturated heterocycles. The number of anilines is 1. The molecule has 0 unspecified atom stereocenters. The molecule has 1 aliphatic rings. The second-order valence-electron chi connectivity index (χ2n) is 4.11. The zero-order chi connectivity index (χ0) is 11.0. The summed E-state index contributed by atoms with van der Waals surface area (Å²) in [5, 5.41) is 8.27. The first kappa shape index (κ1) is 9.47. The Hall–Kier alpha value is -1.75. The van der Waals surface area contributed by atoms with Crippen molar-refractivity contribution in [1.29, 1.82) is 0 Å². The molecule has 1 fully saturated rings. The maximum atomic E-state index is 5.58. The van der Waals surface area contributed by atoms with Crippen molar-refractivity contribution in [2.45, 2.75) is 0 Å². The maximum Gasteiger partial charge on any atom is 0.245 e. The molecule has 1 aliphatic heterocycles. The molecule has 2 N–H and O–H groups in total. The van der Waals surface area contributed by atoms with Gasteiger partial charge in [0.2, 0.25) is 5.95 Å². The molecule has 0 atom stereocenters. The summed E-state index contributed by atoms with van der Waals surface area (Å²) >= 11 is 0. The third-order valence-corrected chi connectivity index (χ3v) is 2.92. The summed E-state index contributed by atoms with van der Waals surface area (Å²) in [6.45, 7) is 2.62. The van der Waals surface area contributed by atoms with Crippen LogP contribution in [-0.4, -0.2) is 34.8 Å². The van der Waals surface area contributed by atoms with E-state index in [1.165, 1.54) is 0 Å². The molecule has 0 saturated carbocycles. The SMILES string of the molecule is NCC1CN(c2nnc3ccccc3n2)C1. The lowest BCUT2D eigenvalue weighted by Gasteiger charge is -2.38. The average Bonchev–Trinajstić information content (AvgIpc) is 2.27. The van der Waals surface area contributed by atoms with Crippen molar-refractivity contribution in [3.05, 3.63) is 24.3 Å². The lowest BCUT2D eigenvalue weighted by Crippen LogP contribution is -2.50. The quantitative estimate of drug-likeness (QED) is 0.786. The van der Waals surface area contributed by atoms with Crippen LogP contribution in [0.2, 0.25) is 0 Å². The van der Waals surface area contributed by atoms with E-state index in [2.05, 4.69) is 20.1 Å². The third kappa shape index (κ3) is 1.49. The van der Waals surface area contributed by atoms with Gasteiger partial charge in [-0.3, -0.25) is 0 Å². The number of hydrogen-bond acceptors (Lipinski definition) is 5. The molecule has 1 aromatic carbocycles. The average molecular weight is 215 g/mol. The van der Waals surface area contributed by atoms with Crippen molar-refractivity contribution in [3.8, 4) is 0 Å². The zero-order valence-corrected chi connectivity index (χ0v) is 8.87. The van der Waals surface area contributed by atoms with Crippen molar-refractivity contribution in [3.63, 3.8) is 0 Å². The highest BCUT2D eigenvalue weighted by Crippen LogP contribution is 2.20. The number of para-hydroxylation sites is 1. The van der Waals surface area contributed by atoms with Crippen molar-refractivity contribution in [2.75, 3.05) is 24.5 Å². The molecule has 2 aromatic rings. The van der Waals surface area contributed by atoms with Crippen molar-refractivity contribution in [1.82, 2.24) is 15.2 Å². The molecule has 0 radical (unpaired) electrons. The second-order valence-corrected chi connectivity index (χ2v) is 4.11. The number of hydrogen-bond donors (Lipinski definition) is 1. The van der Waals surface area contributed by atoms with E-state index in [1.807, 2.05) is 24.3 Å². The second kappa shape index (κ2) is 3.68. The fraction of sp³-hybridized carbons (Fsp3) is 0.364. The molecule has 0 aliphatic carbocycles. The highest BCUT2D eigenvalue weighted by atomic mass is 15.3. The number of rotatable bonds is 2. The predicted molar refractivity (Wildman–Crippen MR) is 62.1 cm³/mol. The van der Waals surface area contributed by atoms with Gasteiger partial charge in [0, 0.05) is 19.0 Å². The number of nitrogens with zero attached hydrogens (tertiary/aromatic N) is 4. The minimum absolute atomic E-state index is 0.579. The number of benzene rings is 1. The summed E-state index contributed by atoms with van der Waals surface area (Å²) in [6.07, 6.45) is 0. The van der Waals surface area contributed by atoms with E-state index >= 15 is 0 Å². The smallest absolute Gasteiger partial charge is 0.245 e. The van der Waals surface area contributed by atoms with E-state index in [0.717, 1.165) is 30.7 Å². The van der Waals surface area contributed by atoms with Gasteiger partial charge in [0.15, 0.2) is 0 Å². The lowest BCUT2D eigenvalue weighted by molar-refractivity contribution is 0.412. The van der Waals surface area contributed by atoms with Crippen molar-refractivity contribution < 1.29 is 0 Å². The Morgan fingerprint density at radius 3 is 2.69 bits per heavy atom. The molecular weight excluding hydrogens is 202 g/mol. The van der Waals surface area contributed by atoms with E-state index in [-0.39, 0.29) is 0 Å². The van der Waals surface area contributed by atoms with Crippen LogP contribution < -0.4 is 10.6 Å². The Labute approximate surface area is 93.3 Å². The summed E-state index contributed by atoms with van der Waals surface area (Å²) in [7, 11) is 0. The Kier molecular flexibility index (Phi) is 2.18. The van der Waals surface area contributed by atoms with Gasteiger partial charge in [-0.25, -0.2) is 4.98 Å². The minimum atomic E-state index is 0.579. The zero-order valence-electron chi connectivity index (χ0n) is 8.87. The van der Waals surface area contributed by atoms with Crippen molar-refractivity contribution >= 4 is 17.0 Å². The van der Waals surface area contributed by atoms with Gasteiger partial charge in [0.05, 0.1) is 5.52 Å². The molecule has 0 amide bonds. The summed E-state index contributed by atoms with van der Waals surface area (Å²) in [5.74, 6) is 1.29. The van der Waals surface area contributed by atoms with E-state index in [0.29, 0.717) is 11.9 Å². The van der Waals surface area contributed by atoms with Crippen LogP contribution in [0.3, 0.4) is 0 Å². The molecule has 82 valence electrons. The van der Waals surface area contributed by atoms with E-state index in [4.69, 9.17) is 5.73 Å². The van der Waals surface area contributed by atoms with E-state index in [1.54, 1.807) is 0 Å². The fourth-order valence-corrected chi connectivity index (χ4v) is 1.89. The first-order valence-electron chi connectivity index (χ1n) is 5.41. The first-order chi connectivity index (χ1) is 7.86. The van der Waals surface area contributed by atoms with E-state index < -0.39 is 0 Å². The predicted octanol–water partition coefficient (Wildman–Crippen LogP) is 0.420. The lowest BCUT2D eigenvalue weighted by atomic mass is 10.0. The van der Waals surface area contributed by atoms with Crippen LogP contribution in [0.15, 0.2) is 24.3 Å². The summed E-state index contributed by atoms with van der Waals surface area (Å²) in [5.41, 5.74) is 7.31. The summed E-state index contributed by atoms with van der Waals surface area (Å²) in [4.78, 5) is 6.59. The molecule has 5 nitrogen and oxygen atoms in total. The maximum absolute atomic E-state index is 5.58.